The lowest BCUT2D eigenvalue weighted by Crippen LogP contribution is -2.21. The van der Waals surface area contributed by atoms with E-state index in [1.807, 2.05) is 36.4 Å². The first kappa shape index (κ1) is 22.4. The minimum Gasteiger partial charge on any atom is -0.488 e. The summed E-state index contributed by atoms with van der Waals surface area (Å²) >= 11 is 3.30. The van der Waals surface area contributed by atoms with Crippen molar-refractivity contribution in [3.63, 3.8) is 0 Å². The standard InChI is InChI=1S/C23H23BrN2O5S/c24-18-5-2-7-20(15-18)32(27,28)26-19-6-1-4-17(14-19)16-25-10-11-29-21-8-3-9-22-23(21)31-13-12-30-22/h1-9,14-15,25-26H,10-13,16H2. The number of rotatable bonds is 9. The number of ether oxygens (including phenoxy) is 3. The van der Waals surface area contributed by atoms with Crippen LogP contribution in [0.1, 0.15) is 5.56 Å². The topological polar surface area (TPSA) is 85.9 Å². The van der Waals surface area contributed by atoms with Gasteiger partial charge >= 0.3 is 0 Å². The minimum absolute atomic E-state index is 0.199. The number of para-hydroxylation sites is 1. The number of hydrogen-bond donors (Lipinski definition) is 2. The fourth-order valence-electron chi connectivity index (χ4n) is 3.22. The molecule has 0 radical (unpaired) electrons. The van der Waals surface area contributed by atoms with Crippen LogP contribution < -0.4 is 24.2 Å². The monoisotopic (exact) mass is 518 g/mol. The van der Waals surface area contributed by atoms with Crippen LogP contribution in [0.4, 0.5) is 5.69 Å². The van der Waals surface area contributed by atoms with E-state index in [1.165, 1.54) is 0 Å². The highest BCUT2D eigenvalue weighted by molar-refractivity contribution is 9.10. The van der Waals surface area contributed by atoms with E-state index in [0.717, 1.165) is 5.56 Å². The number of nitrogens with one attached hydrogen (secondary N) is 2. The Hall–Kier alpha value is -2.75. The smallest absolute Gasteiger partial charge is 0.261 e. The van der Waals surface area contributed by atoms with Crippen molar-refractivity contribution in [3.05, 3.63) is 76.8 Å². The largest absolute Gasteiger partial charge is 0.488 e. The Morgan fingerprint density at radius 3 is 2.66 bits per heavy atom. The summed E-state index contributed by atoms with van der Waals surface area (Å²) in [5, 5.41) is 3.30. The zero-order valence-corrected chi connectivity index (χ0v) is 19.6. The van der Waals surface area contributed by atoms with Gasteiger partial charge < -0.3 is 19.5 Å². The van der Waals surface area contributed by atoms with Crippen molar-refractivity contribution in [2.45, 2.75) is 11.4 Å². The normalized spacial score (nSPS) is 12.9. The second-order valence-corrected chi connectivity index (χ2v) is 9.67. The van der Waals surface area contributed by atoms with Crippen molar-refractivity contribution in [3.8, 4) is 17.2 Å². The molecule has 0 aromatic heterocycles. The summed E-state index contributed by atoms with van der Waals surface area (Å²) in [7, 11) is -3.66. The first-order valence-electron chi connectivity index (χ1n) is 10.1. The van der Waals surface area contributed by atoms with Crippen LogP contribution in [0.15, 0.2) is 76.1 Å². The number of anilines is 1. The van der Waals surface area contributed by atoms with E-state index < -0.39 is 10.0 Å². The number of hydrogen-bond acceptors (Lipinski definition) is 6. The molecule has 0 unspecified atom stereocenters. The Kier molecular flexibility index (Phi) is 7.19. The average Bonchev–Trinajstić information content (AvgIpc) is 2.79. The Morgan fingerprint density at radius 2 is 1.78 bits per heavy atom. The second-order valence-electron chi connectivity index (χ2n) is 7.07. The molecule has 32 heavy (non-hydrogen) atoms. The third-order valence-corrected chi connectivity index (χ3v) is 6.55. The fourth-order valence-corrected chi connectivity index (χ4v) is 4.87. The SMILES string of the molecule is O=S(=O)(Nc1cccc(CNCCOc2cccc3c2OCCO3)c1)c1cccc(Br)c1. The molecule has 1 heterocycles. The summed E-state index contributed by atoms with van der Waals surface area (Å²) in [5.41, 5.74) is 1.46. The van der Waals surface area contributed by atoms with E-state index >= 15 is 0 Å². The molecule has 2 N–H and O–H groups in total. The molecule has 0 atom stereocenters. The number of halogens is 1. The molecule has 0 saturated carbocycles. The van der Waals surface area contributed by atoms with Crippen molar-refractivity contribution < 1.29 is 22.6 Å². The molecule has 0 amide bonds. The number of fused-ring (bicyclic) bond motifs is 1. The molecule has 0 bridgehead atoms. The van der Waals surface area contributed by atoms with E-state index in [9.17, 15) is 8.42 Å². The quantitative estimate of drug-likeness (QED) is 0.413. The van der Waals surface area contributed by atoms with Crippen molar-refractivity contribution in [2.75, 3.05) is 31.1 Å². The van der Waals surface area contributed by atoms with Gasteiger partial charge in [0.1, 0.15) is 19.8 Å². The lowest BCUT2D eigenvalue weighted by atomic mass is 10.2. The summed E-state index contributed by atoms with van der Waals surface area (Å²) in [6.45, 7) is 2.68. The molecule has 7 nitrogen and oxygen atoms in total. The van der Waals surface area contributed by atoms with Gasteiger partial charge in [0.2, 0.25) is 5.75 Å². The maximum atomic E-state index is 12.6. The third kappa shape index (κ3) is 5.73. The first-order chi connectivity index (χ1) is 15.5. The minimum atomic E-state index is -3.66. The van der Waals surface area contributed by atoms with Crippen LogP contribution in [0.5, 0.6) is 17.2 Å². The highest BCUT2D eigenvalue weighted by atomic mass is 79.9. The zero-order chi connectivity index (χ0) is 22.4. The maximum absolute atomic E-state index is 12.6. The molecule has 168 valence electrons. The van der Waals surface area contributed by atoms with Gasteiger partial charge in [0.05, 0.1) is 4.90 Å². The molecule has 0 fully saturated rings. The lowest BCUT2D eigenvalue weighted by molar-refractivity contribution is 0.162. The van der Waals surface area contributed by atoms with E-state index in [4.69, 9.17) is 14.2 Å². The van der Waals surface area contributed by atoms with Crippen LogP contribution in [0.3, 0.4) is 0 Å². The first-order valence-corrected chi connectivity index (χ1v) is 12.4. The van der Waals surface area contributed by atoms with Gasteiger partial charge in [-0.1, -0.05) is 40.2 Å². The molecule has 3 aromatic carbocycles. The molecular formula is C23H23BrN2O5S. The van der Waals surface area contributed by atoms with Crippen LogP contribution in [-0.4, -0.2) is 34.8 Å². The van der Waals surface area contributed by atoms with Crippen LogP contribution in [0.25, 0.3) is 0 Å². The highest BCUT2D eigenvalue weighted by Crippen LogP contribution is 2.38. The summed E-state index contributed by atoms with van der Waals surface area (Å²) in [6.07, 6.45) is 0. The van der Waals surface area contributed by atoms with Crippen molar-refractivity contribution in [1.82, 2.24) is 5.32 Å². The molecule has 0 spiro atoms. The van der Waals surface area contributed by atoms with E-state index in [2.05, 4.69) is 26.0 Å². The summed E-state index contributed by atoms with van der Waals surface area (Å²) in [5.74, 6) is 2.00. The predicted molar refractivity (Wildman–Crippen MR) is 126 cm³/mol. The summed E-state index contributed by atoms with van der Waals surface area (Å²) in [6, 6.07) is 19.5. The van der Waals surface area contributed by atoms with Gasteiger partial charge in [-0.25, -0.2) is 8.42 Å². The molecule has 4 rings (SSSR count). The number of sulfonamides is 1. The summed E-state index contributed by atoms with van der Waals surface area (Å²) < 4.78 is 45.6. The summed E-state index contributed by atoms with van der Waals surface area (Å²) in [4.78, 5) is 0.199. The molecule has 9 heteroatoms. The van der Waals surface area contributed by atoms with Crippen molar-refractivity contribution >= 4 is 31.6 Å². The molecule has 1 aliphatic heterocycles. The van der Waals surface area contributed by atoms with Gasteiger partial charge in [0.25, 0.3) is 10.0 Å². The van der Waals surface area contributed by atoms with Gasteiger partial charge in [-0.15, -0.1) is 0 Å². The van der Waals surface area contributed by atoms with Gasteiger partial charge in [-0.3, -0.25) is 4.72 Å². The predicted octanol–water partition coefficient (Wildman–Crippen LogP) is 4.19. The zero-order valence-electron chi connectivity index (χ0n) is 17.2. The van der Waals surface area contributed by atoms with Crippen molar-refractivity contribution in [2.24, 2.45) is 0 Å². The molecule has 0 saturated heterocycles. The van der Waals surface area contributed by atoms with Gasteiger partial charge in [0, 0.05) is 23.2 Å². The maximum Gasteiger partial charge on any atom is 0.261 e. The number of benzene rings is 3. The van der Waals surface area contributed by atoms with Crippen molar-refractivity contribution in [1.29, 1.82) is 0 Å². The van der Waals surface area contributed by atoms with Crippen LogP contribution in [-0.2, 0) is 16.6 Å². The van der Waals surface area contributed by atoms with Gasteiger partial charge in [-0.2, -0.15) is 0 Å². The lowest BCUT2D eigenvalue weighted by Gasteiger charge is -2.20. The third-order valence-electron chi connectivity index (χ3n) is 4.68. The molecule has 1 aliphatic rings. The Labute approximate surface area is 195 Å². The molecule has 3 aromatic rings. The fraction of sp³-hybridized carbons (Fsp3) is 0.217. The highest BCUT2D eigenvalue weighted by Gasteiger charge is 2.17. The van der Waals surface area contributed by atoms with Crippen LogP contribution >= 0.6 is 15.9 Å². The van der Waals surface area contributed by atoms with Crippen LogP contribution in [0, 0.1) is 0 Å². The Bertz CT molecular complexity index is 1190. The Morgan fingerprint density at radius 1 is 0.969 bits per heavy atom. The Balaban J connectivity index is 1.28. The van der Waals surface area contributed by atoms with E-state index in [-0.39, 0.29) is 4.90 Å². The van der Waals surface area contributed by atoms with E-state index in [0.29, 0.717) is 60.3 Å². The molecule has 0 aliphatic carbocycles. The van der Waals surface area contributed by atoms with Gasteiger partial charge in [0.15, 0.2) is 11.5 Å². The van der Waals surface area contributed by atoms with E-state index in [1.54, 1.807) is 30.3 Å². The average molecular weight is 519 g/mol. The molecular weight excluding hydrogens is 496 g/mol. The van der Waals surface area contributed by atoms with Crippen LogP contribution in [0.2, 0.25) is 0 Å². The second kappa shape index (κ2) is 10.2. The van der Waals surface area contributed by atoms with Gasteiger partial charge in [-0.05, 0) is 48.0 Å².